The monoisotopic (exact) mass is 278 g/mol. The van der Waals surface area contributed by atoms with Gasteiger partial charge < -0.3 is 15.8 Å². The molecule has 5 heteroatoms. The SMILES string of the molecule is CCOC(=O)c1ccc(NC(=O)C(CN)C(C)C)cc1. The number of hydrogen-bond donors (Lipinski definition) is 2. The van der Waals surface area contributed by atoms with Crippen molar-refractivity contribution in [3.63, 3.8) is 0 Å². The van der Waals surface area contributed by atoms with E-state index in [2.05, 4.69) is 5.32 Å². The number of benzene rings is 1. The molecule has 110 valence electrons. The normalized spacial score (nSPS) is 12.1. The van der Waals surface area contributed by atoms with Crippen LogP contribution in [0.5, 0.6) is 0 Å². The first-order chi connectivity index (χ1) is 9.49. The lowest BCUT2D eigenvalue weighted by atomic mass is 9.95. The summed E-state index contributed by atoms with van der Waals surface area (Å²) >= 11 is 0. The van der Waals surface area contributed by atoms with Gasteiger partial charge in [0.05, 0.1) is 18.1 Å². The van der Waals surface area contributed by atoms with Gasteiger partial charge in [-0.15, -0.1) is 0 Å². The third-order valence-corrected chi connectivity index (χ3v) is 3.06. The van der Waals surface area contributed by atoms with Crippen LogP contribution >= 0.6 is 0 Å². The van der Waals surface area contributed by atoms with Gasteiger partial charge in [0, 0.05) is 12.2 Å². The van der Waals surface area contributed by atoms with Crippen LogP contribution in [-0.2, 0) is 9.53 Å². The lowest BCUT2D eigenvalue weighted by molar-refractivity contribution is -0.120. The zero-order chi connectivity index (χ0) is 15.1. The van der Waals surface area contributed by atoms with E-state index in [1.165, 1.54) is 0 Å². The van der Waals surface area contributed by atoms with Gasteiger partial charge in [-0.05, 0) is 37.1 Å². The Hall–Kier alpha value is -1.88. The molecule has 0 aliphatic rings. The zero-order valence-corrected chi connectivity index (χ0v) is 12.2. The smallest absolute Gasteiger partial charge is 0.338 e. The number of carbonyl (C=O) groups is 2. The van der Waals surface area contributed by atoms with Crippen LogP contribution in [0.3, 0.4) is 0 Å². The highest BCUT2D eigenvalue weighted by Crippen LogP contribution is 2.15. The van der Waals surface area contributed by atoms with Crippen molar-refractivity contribution in [2.24, 2.45) is 17.6 Å². The second kappa shape index (κ2) is 7.65. The number of esters is 1. The Kier molecular flexibility index (Phi) is 6.18. The summed E-state index contributed by atoms with van der Waals surface area (Å²) in [6, 6.07) is 6.61. The standard InChI is InChI=1S/C15H22N2O3/c1-4-20-15(19)11-5-7-12(8-6-11)17-14(18)13(9-16)10(2)3/h5-8,10,13H,4,9,16H2,1-3H3,(H,17,18). The predicted octanol–water partition coefficient (Wildman–Crippen LogP) is 2.03. The second-order valence-corrected chi connectivity index (χ2v) is 4.87. The number of carbonyl (C=O) groups excluding carboxylic acids is 2. The fourth-order valence-electron chi connectivity index (χ4n) is 1.82. The molecule has 5 nitrogen and oxygen atoms in total. The maximum Gasteiger partial charge on any atom is 0.338 e. The van der Waals surface area contributed by atoms with Crippen LogP contribution in [0.2, 0.25) is 0 Å². The first kappa shape index (κ1) is 16.2. The quantitative estimate of drug-likeness (QED) is 0.780. The van der Waals surface area contributed by atoms with Crippen LogP contribution in [-0.4, -0.2) is 25.0 Å². The van der Waals surface area contributed by atoms with Crippen molar-refractivity contribution >= 4 is 17.6 Å². The fourth-order valence-corrected chi connectivity index (χ4v) is 1.82. The van der Waals surface area contributed by atoms with E-state index in [4.69, 9.17) is 10.5 Å². The number of nitrogens with one attached hydrogen (secondary N) is 1. The highest BCUT2D eigenvalue weighted by molar-refractivity contribution is 5.94. The molecule has 1 atom stereocenters. The van der Waals surface area contributed by atoms with E-state index in [0.29, 0.717) is 24.4 Å². The molecule has 0 aliphatic carbocycles. The van der Waals surface area contributed by atoms with Crippen molar-refractivity contribution < 1.29 is 14.3 Å². The average Bonchev–Trinajstić information content (AvgIpc) is 2.40. The summed E-state index contributed by atoms with van der Waals surface area (Å²) in [7, 11) is 0. The van der Waals surface area contributed by atoms with Crippen LogP contribution in [0.4, 0.5) is 5.69 Å². The van der Waals surface area contributed by atoms with Crippen molar-refractivity contribution in [2.45, 2.75) is 20.8 Å². The number of hydrogen-bond acceptors (Lipinski definition) is 4. The van der Waals surface area contributed by atoms with Crippen LogP contribution < -0.4 is 11.1 Å². The van der Waals surface area contributed by atoms with Crippen molar-refractivity contribution in [1.82, 2.24) is 0 Å². The first-order valence-electron chi connectivity index (χ1n) is 6.77. The van der Waals surface area contributed by atoms with Gasteiger partial charge in [-0.3, -0.25) is 4.79 Å². The van der Waals surface area contributed by atoms with Crippen molar-refractivity contribution in [3.05, 3.63) is 29.8 Å². The molecule has 0 saturated carbocycles. The minimum Gasteiger partial charge on any atom is -0.462 e. The summed E-state index contributed by atoms with van der Waals surface area (Å²) in [5.41, 5.74) is 6.71. The van der Waals surface area contributed by atoms with Crippen LogP contribution in [0.1, 0.15) is 31.1 Å². The molecule has 0 spiro atoms. The van der Waals surface area contributed by atoms with Gasteiger partial charge in [0.15, 0.2) is 0 Å². The van der Waals surface area contributed by atoms with Crippen molar-refractivity contribution in [1.29, 1.82) is 0 Å². The minimum absolute atomic E-state index is 0.105. The lowest BCUT2D eigenvalue weighted by Crippen LogP contribution is -2.33. The highest BCUT2D eigenvalue weighted by atomic mass is 16.5. The van der Waals surface area contributed by atoms with Gasteiger partial charge in [-0.1, -0.05) is 13.8 Å². The van der Waals surface area contributed by atoms with Crippen LogP contribution in [0.15, 0.2) is 24.3 Å². The van der Waals surface area contributed by atoms with Gasteiger partial charge in [0.1, 0.15) is 0 Å². The van der Waals surface area contributed by atoms with Crippen molar-refractivity contribution in [3.8, 4) is 0 Å². The van der Waals surface area contributed by atoms with Gasteiger partial charge in [-0.25, -0.2) is 4.79 Å². The van der Waals surface area contributed by atoms with Gasteiger partial charge in [-0.2, -0.15) is 0 Å². The van der Waals surface area contributed by atoms with Gasteiger partial charge in [0.25, 0.3) is 0 Å². The molecule has 1 amide bonds. The number of rotatable bonds is 6. The molecule has 0 fully saturated rings. The number of amides is 1. The summed E-state index contributed by atoms with van der Waals surface area (Å²) in [6.45, 7) is 6.32. The Labute approximate surface area is 119 Å². The highest BCUT2D eigenvalue weighted by Gasteiger charge is 2.20. The van der Waals surface area contributed by atoms with Crippen molar-refractivity contribution in [2.75, 3.05) is 18.5 Å². The average molecular weight is 278 g/mol. The first-order valence-corrected chi connectivity index (χ1v) is 6.77. The van der Waals surface area contributed by atoms with E-state index in [1.54, 1.807) is 31.2 Å². The molecule has 0 aromatic heterocycles. The number of ether oxygens (including phenoxy) is 1. The van der Waals surface area contributed by atoms with Crippen LogP contribution in [0.25, 0.3) is 0 Å². The molecule has 20 heavy (non-hydrogen) atoms. The minimum atomic E-state index is -0.368. The molecule has 0 bridgehead atoms. The zero-order valence-electron chi connectivity index (χ0n) is 12.2. The predicted molar refractivity (Wildman–Crippen MR) is 78.4 cm³/mol. The molecule has 1 aromatic carbocycles. The maximum atomic E-state index is 12.0. The third-order valence-electron chi connectivity index (χ3n) is 3.06. The van der Waals surface area contributed by atoms with E-state index in [1.807, 2.05) is 13.8 Å². The second-order valence-electron chi connectivity index (χ2n) is 4.87. The molecule has 1 unspecified atom stereocenters. The molecule has 0 saturated heterocycles. The van der Waals surface area contributed by atoms with Crippen LogP contribution in [0, 0.1) is 11.8 Å². The molecule has 0 aliphatic heterocycles. The third kappa shape index (κ3) is 4.35. The summed E-state index contributed by atoms with van der Waals surface area (Å²) in [4.78, 5) is 23.5. The molecule has 1 rings (SSSR count). The maximum absolute atomic E-state index is 12.0. The Morgan fingerprint density at radius 3 is 2.30 bits per heavy atom. The summed E-state index contributed by atoms with van der Waals surface area (Å²) in [5.74, 6) is -0.516. The topological polar surface area (TPSA) is 81.4 Å². The van der Waals surface area contributed by atoms with E-state index in [0.717, 1.165) is 0 Å². The molecular weight excluding hydrogens is 256 g/mol. The molecule has 3 N–H and O–H groups in total. The van der Waals surface area contributed by atoms with Gasteiger partial charge >= 0.3 is 5.97 Å². The lowest BCUT2D eigenvalue weighted by Gasteiger charge is -2.18. The Morgan fingerprint density at radius 2 is 1.85 bits per heavy atom. The van der Waals surface area contributed by atoms with E-state index >= 15 is 0 Å². The number of anilines is 1. The van der Waals surface area contributed by atoms with E-state index < -0.39 is 0 Å². The number of nitrogens with two attached hydrogens (primary N) is 1. The Morgan fingerprint density at radius 1 is 1.25 bits per heavy atom. The molecule has 1 aromatic rings. The van der Waals surface area contributed by atoms with E-state index in [-0.39, 0.29) is 23.7 Å². The summed E-state index contributed by atoms with van der Waals surface area (Å²) in [6.07, 6.45) is 0. The summed E-state index contributed by atoms with van der Waals surface area (Å²) in [5, 5.41) is 2.80. The Balaban J connectivity index is 2.70. The van der Waals surface area contributed by atoms with Gasteiger partial charge in [0.2, 0.25) is 5.91 Å². The largest absolute Gasteiger partial charge is 0.462 e. The summed E-state index contributed by atoms with van der Waals surface area (Å²) < 4.78 is 4.89. The molecule has 0 heterocycles. The fraction of sp³-hybridized carbons (Fsp3) is 0.467. The Bertz CT molecular complexity index is 455. The van der Waals surface area contributed by atoms with E-state index in [9.17, 15) is 9.59 Å². The molecule has 0 radical (unpaired) electrons. The molecular formula is C15H22N2O3.